The zero-order valence-electron chi connectivity index (χ0n) is 14.4. The van der Waals surface area contributed by atoms with Crippen LogP contribution in [0.25, 0.3) is 0 Å². The number of hydrogen-bond donors (Lipinski definition) is 3. The summed E-state index contributed by atoms with van der Waals surface area (Å²) in [6.45, 7) is 3.67. The third kappa shape index (κ3) is 5.22. The number of nitrogens with one attached hydrogen (secondary N) is 1. The molecule has 1 heterocycles. The number of carbonyl (C=O) groups is 2. The Hall–Kier alpha value is -3.04. The molecule has 5 N–H and O–H groups in total. The van der Waals surface area contributed by atoms with Crippen molar-refractivity contribution in [1.29, 1.82) is 0 Å². The summed E-state index contributed by atoms with van der Waals surface area (Å²) in [5.74, 6) is -1.15. The van der Waals surface area contributed by atoms with Gasteiger partial charge >= 0.3 is 6.18 Å². The second-order valence-electron chi connectivity index (χ2n) is 6.05. The molecule has 0 radical (unpaired) electrons. The van der Waals surface area contributed by atoms with E-state index in [9.17, 15) is 22.8 Å². The first kappa shape index (κ1) is 20.3. The van der Waals surface area contributed by atoms with E-state index in [1.54, 1.807) is 4.90 Å². The first-order chi connectivity index (χ1) is 12.6. The molecule has 146 valence electrons. The van der Waals surface area contributed by atoms with E-state index in [2.05, 4.69) is 16.9 Å². The molecule has 0 bridgehead atoms. The van der Waals surface area contributed by atoms with Crippen LogP contribution in [0, 0.1) is 0 Å². The number of nitrogens with two attached hydrogens (primary N) is 2. The number of amides is 2. The summed E-state index contributed by atoms with van der Waals surface area (Å²) < 4.78 is 39.7. The number of rotatable bonds is 6. The number of carbonyl (C=O) groups excluding carboxylic acids is 2. The summed E-state index contributed by atoms with van der Waals surface area (Å²) in [7, 11) is 0. The lowest BCUT2D eigenvalue weighted by Crippen LogP contribution is -2.30. The Morgan fingerprint density at radius 3 is 2.67 bits per heavy atom. The van der Waals surface area contributed by atoms with Crippen LogP contribution in [-0.4, -0.2) is 54.3 Å². The van der Waals surface area contributed by atoms with Crippen LogP contribution in [0.5, 0.6) is 0 Å². The highest BCUT2D eigenvalue weighted by Crippen LogP contribution is 2.28. The quantitative estimate of drug-likeness (QED) is 0.390. The second-order valence-corrected chi connectivity index (χ2v) is 6.05. The molecule has 27 heavy (non-hydrogen) atoms. The molecule has 0 spiro atoms. The van der Waals surface area contributed by atoms with Crippen LogP contribution in [0.15, 0.2) is 35.8 Å². The number of primary amides is 1. The van der Waals surface area contributed by atoms with Crippen LogP contribution in [0.4, 0.5) is 24.5 Å². The molecule has 0 saturated carbocycles. The predicted octanol–water partition coefficient (Wildman–Crippen LogP) is 1.30. The van der Waals surface area contributed by atoms with Gasteiger partial charge in [0.25, 0.3) is 0 Å². The zero-order chi connectivity index (χ0) is 20.2. The smallest absolute Gasteiger partial charge is 0.398 e. The van der Waals surface area contributed by atoms with Crippen molar-refractivity contribution in [2.75, 3.05) is 30.7 Å². The van der Waals surface area contributed by atoms with E-state index in [1.165, 1.54) is 24.3 Å². The number of halogens is 3. The van der Waals surface area contributed by atoms with Crippen molar-refractivity contribution < 1.29 is 22.8 Å². The van der Waals surface area contributed by atoms with Gasteiger partial charge in [0.15, 0.2) is 0 Å². The Kier molecular flexibility index (Phi) is 6.09. The number of benzene rings is 1. The molecule has 0 aliphatic carbocycles. The van der Waals surface area contributed by atoms with Gasteiger partial charge in [-0.25, -0.2) is 0 Å². The monoisotopic (exact) mass is 383 g/mol. The van der Waals surface area contributed by atoms with Crippen molar-refractivity contribution >= 4 is 28.9 Å². The number of nitrogens with zero attached hydrogens (tertiary/aromatic N) is 2. The minimum atomic E-state index is -4.78. The third-order valence-electron chi connectivity index (χ3n) is 4.01. The lowest BCUT2D eigenvalue weighted by Gasteiger charge is -2.18. The van der Waals surface area contributed by atoms with Gasteiger partial charge in [0.2, 0.25) is 11.8 Å². The SMILES string of the molecule is C=CC(=O)N1CCC(Nc2ccc(C(=NCC(N)=O)C(F)(F)F)c(N)c2)C1. The molecule has 7 nitrogen and oxygen atoms in total. The first-order valence-electron chi connectivity index (χ1n) is 8.09. The molecular formula is C17H20F3N5O2. The maximum absolute atomic E-state index is 13.2. The van der Waals surface area contributed by atoms with Gasteiger partial charge in [0, 0.05) is 36.1 Å². The van der Waals surface area contributed by atoms with Crippen LogP contribution in [-0.2, 0) is 9.59 Å². The molecule has 1 fully saturated rings. The zero-order valence-corrected chi connectivity index (χ0v) is 14.4. The van der Waals surface area contributed by atoms with Crippen molar-refractivity contribution in [3.05, 3.63) is 36.4 Å². The van der Waals surface area contributed by atoms with Gasteiger partial charge in [-0.3, -0.25) is 14.6 Å². The van der Waals surface area contributed by atoms with Crippen molar-refractivity contribution in [3.8, 4) is 0 Å². The van der Waals surface area contributed by atoms with Gasteiger partial charge in [-0.1, -0.05) is 6.58 Å². The molecule has 2 rings (SSSR count). The lowest BCUT2D eigenvalue weighted by molar-refractivity contribution is -0.125. The van der Waals surface area contributed by atoms with Crippen LogP contribution >= 0.6 is 0 Å². The molecule has 10 heteroatoms. The van der Waals surface area contributed by atoms with Crippen LogP contribution < -0.4 is 16.8 Å². The fourth-order valence-corrected chi connectivity index (χ4v) is 2.80. The predicted molar refractivity (Wildman–Crippen MR) is 96.3 cm³/mol. The fourth-order valence-electron chi connectivity index (χ4n) is 2.80. The van der Waals surface area contributed by atoms with E-state index in [4.69, 9.17) is 11.5 Å². The summed E-state index contributed by atoms with van der Waals surface area (Å²) >= 11 is 0. The average Bonchev–Trinajstić information content (AvgIpc) is 3.03. The highest BCUT2D eigenvalue weighted by atomic mass is 19.4. The fraction of sp³-hybridized carbons (Fsp3) is 0.353. The van der Waals surface area contributed by atoms with Gasteiger partial charge < -0.3 is 21.7 Å². The Bertz CT molecular complexity index is 776. The normalized spacial score (nSPS) is 17.7. The summed E-state index contributed by atoms with van der Waals surface area (Å²) in [6.07, 6.45) is -2.86. The number of likely N-dealkylation sites (tertiary alicyclic amines) is 1. The van der Waals surface area contributed by atoms with Gasteiger partial charge in [-0.2, -0.15) is 13.2 Å². The number of hydrogen-bond acceptors (Lipinski definition) is 5. The average molecular weight is 383 g/mol. The molecule has 1 aliphatic heterocycles. The van der Waals surface area contributed by atoms with Crippen molar-refractivity contribution in [3.63, 3.8) is 0 Å². The Labute approximate surface area is 153 Å². The summed E-state index contributed by atoms with van der Waals surface area (Å²) in [4.78, 5) is 27.2. The maximum Gasteiger partial charge on any atom is 0.433 e. The first-order valence-corrected chi connectivity index (χ1v) is 8.09. The molecule has 1 unspecified atom stereocenters. The highest BCUT2D eigenvalue weighted by molar-refractivity contribution is 6.09. The van der Waals surface area contributed by atoms with Gasteiger partial charge in [0.1, 0.15) is 12.3 Å². The molecular weight excluding hydrogens is 363 g/mol. The van der Waals surface area contributed by atoms with E-state index in [0.29, 0.717) is 25.2 Å². The van der Waals surface area contributed by atoms with E-state index in [1.807, 2.05) is 0 Å². The summed E-state index contributed by atoms with van der Waals surface area (Å²) in [6, 6.07) is 3.94. The van der Waals surface area contributed by atoms with Crippen molar-refractivity contribution in [2.24, 2.45) is 10.7 Å². The molecule has 0 aromatic heterocycles. The van der Waals surface area contributed by atoms with E-state index in [-0.39, 0.29) is 23.2 Å². The molecule has 1 aromatic carbocycles. The van der Waals surface area contributed by atoms with E-state index < -0.39 is 24.3 Å². The van der Waals surface area contributed by atoms with E-state index >= 15 is 0 Å². The minimum Gasteiger partial charge on any atom is -0.398 e. The van der Waals surface area contributed by atoms with Crippen molar-refractivity contribution in [2.45, 2.75) is 18.6 Å². The van der Waals surface area contributed by atoms with E-state index in [0.717, 1.165) is 0 Å². The molecule has 1 saturated heterocycles. The van der Waals surface area contributed by atoms with Crippen molar-refractivity contribution in [1.82, 2.24) is 4.90 Å². The minimum absolute atomic E-state index is 0.0511. The van der Waals surface area contributed by atoms with Gasteiger partial charge in [-0.15, -0.1) is 0 Å². The largest absolute Gasteiger partial charge is 0.433 e. The topological polar surface area (TPSA) is 114 Å². The highest BCUT2D eigenvalue weighted by Gasteiger charge is 2.37. The molecule has 1 atom stereocenters. The van der Waals surface area contributed by atoms with Crippen LogP contribution in [0.1, 0.15) is 12.0 Å². The standard InChI is InChI=1S/C17H20F3N5O2/c1-2-15(27)25-6-5-11(9-25)24-10-3-4-12(13(21)7-10)16(17(18,19)20)23-8-14(22)26/h2-4,7,11,24H,1,5-6,8-9,21H2,(H2,22,26). The molecule has 1 aromatic rings. The number of alkyl halides is 3. The number of anilines is 2. The lowest BCUT2D eigenvalue weighted by atomic mass is 10.1. The summed E-state index contributed by atoms with van der Waals surface area (Å²) in [5, 5.41) is 3.14. The second kappa shape index (κ2) is 8.11. The van der Waals surface area contributed by atoms with Crippen LogP contribution in [0.3, 0.4) is 0 Å². The number of nitrogen functional groups attached to an aromatic ring is 1. The molecule has 1 aliphatic rings. The third-order valence-corrected chi connectivity index (χ3v) is 4.01. The summed E-state index contributed by atoms with van der Waals surface area (Å²) in [5.41, 5.74) is 9.44. The Morgan fingerprint density at radius 2 is 2.11 bits per heavy atom. The Morgan fingerprint density at radius 1 is 1.41 bits per heavy atom. The Balaban J connectivity index is 2.17. The van der Waals surface area contributed by atoms with Gasteiger partial charge in [-0.05, 0) is 30.7 Å². The van der Waals surface area contributed by atoms with Gasteiger partial charge in [0.05, 0.1) is 0 Å². The molecule has 2 amide bonds. The maximum atomic E-state index is 13.2. The van der Waals surface area contributed by atoms with Crippen LogP contribution in [0.2, 0.25) is 0 Å². The number of aliphatic imine (C=N–C) groups is 1.